The summed E-state index contributed by atoms with van der Waals surface area (Å²) in [5.74, 6) is 0.497. The van der Waals surface area contributed by atoms with Crippen molar-refractivity contribution in [2.45, 2.75) is 0 Å². The third kappa shape index (κ3) is 2.55. The fourth-order valence-electron chi connectivity index (χ4n) is 1.02. The van der Waals surface area contributed by atoms with Gasteiger partial charge in [0.15, 0.2) is 0 Å². The van der Waals surface area contributed by atoms with E-state index in [1.54, 1.807) is 18.2 Å². The lowest BCUT2D eigenvalue weighted by molar-refractivity contribution is 0.112. The van der Waals surface area contributed by atoms with E-state index >= 15 is 0 Å². The van der Waals surface area contributed by atoms with Crippen molar-refractivity contribution in [3.05, 3.63) is 42.0 Å². The minimum Gasteiger partial charge on any atom is -0.490 e. The molecule has 0 atom stereocenters. The Morgan fingerprint density at radius 2 is 1.71 bits per heavy atom. The van der Waals surface area contributed by atoms with Gasteiger partial charge in [0.25, 0.3) is 0 Å². The molecule has 0 aliphatic heterocycles. The molecule has 0 aromatic heterocycles. The van der Waals surface area contributed by atoms with Crippen LogP contribution < -0.4 is 4.74 Å². The van der Waals surface area contributed by atoms with Gasteiger partial charge in [-0.25, -0.2) is 0 Å². The van der Waals surface area contributed by atoms with E-state index in [9.17, 15) is 9.59 Å². The molecule has 0 aliphatic rings. The average molecular weight is 190 g/mol. The highest BCUT2D eigenvalue weighted by molar-refractivity contribution is 5.83. The topological polar surface area (TPSA) is 43.4 Å². The second-order valence-corrected chi connectivity index (χ2v) is 2.67. The highest BCUT2D eigenvalue weighted by atomic mass is 16.5. The number of ether oxygens (including phenoxy) is 1. The van der Waals surface area contributed by atoms with E-state index in [0.29, 0.717) is 36.1 Å². The zero-order valence-corrected chi connectivity index (χ0v) is 7.60. The van der Waals surface area contributed by atoms with Crippen molar-refractivity contribution in [1.82, 2.24) is 0 Å². The maximum absolute atomic E-state index is 10.5. The first-order chi connectivity index (χ1) is 6.80. The van der Waals surface area contributed by atoms with Crippen LogP contribution >= 0.6 is 0 Å². The van der Waals surface area contributed by atoms with Gasteiger partial charge in [-0.3, -0.25) is 9.59 Å². The minimum atomic E-state index is 0.348. The molecule has 72 valence electrons. The van der Waals surface area contributed by atoms with Crippen LogP contribution in [-0.4, -0.2) is 19.2 Å². The van der Waals surface area contributed by atoms with Crippen LogP contribution in [0.2, 0.25) is 0 Å². The predicted molar refractivity (Wildman–Crippen MR) is 52.9 cm³/mol. The summed E-state index contributed by atoms with van der Waals surface area (Å²) in [6.07, 6.45) is 2.94. The first-order valence-corrected chi connectivity index (χ1v) is 4.09. The lowest BCUT2D eigenvalue weighted by Crippen LogP contribution is -1.95. The van der Waals surface area contributed by atoms with Gasteiger partial charge in [-0.15, -0.1) is 0 Å². The minimum absolute atomic E-state index is 0.348. The molecule has 1 rings (SSSR count). The number of benzene rings is 1. The molecule has 14 heavy (non-hydrogen) atoms. The quantitative estimate of drug-likeness (QED) is 0.526. The summed E-state index contributed by atoms with van der Waals surface area (Å²) in [5.41, 5.74) is 0.849. The molecule has 0 radical (unpaired) electrons. The Kier molecular flexibility index (Phi) is 3.61. The van der Waals surface area contributed by atoms with Crippen LogP contribution in [0.4, 0.5) is 0 Å². The second kappa shape index (κ2) is 4.97. The maximum atomic E-state index is 10.5. The Morgan fingerprint density at radius 1 is 1.14 bits per heavy atom. The first-order valence-electron chi connectivity index (χ1n) is 4.09. The van der Waals surface area contributed by atoms with Gasteiger partial charge in [0.05, 0.1) is 0 Å². The van der Waals surface area contributed by atoms with Gasteiger partial charge in [0.2, 0.25) is 0 Å². The van der Waals surface area contributed by atoms with E-state index in [4.69, 9.17) is 4.74 Å². The van der Waals surface area contributed by atoms with Gasteiger partial charge < -0.3 is 4.74 Å². The van der Waals surface area contributed by atoms with Gasteiger partial charge in [-0.05, 0) is 18.2 Å². The van der Waals surface area contributed by atoms with E-state index in [2.05, 4.69) is 6.58 Å². The molecule has 3 heteroatoms. The molecular weight excluding hydrogens is 180 g/mol. The molecule has 0 heterocycles. The summed E-state index contributed by atoms with van der Waals surface area (Å²) in [5, 5.41) is 0. The van der Waals surface area contributed by atoms with Crippen molar-refractivity contribution < 1.29 is 14.3 Å². The van der Waals surface area contributed by atoms with Crippen molar-refractivity contribution in [3.8, 4) is 5.75 Å². The molecule has 0 saturated carbocycles. The van der Waals surface area contributed by atoms with Gasteiger partial charge >= 0.3 is 0 Å². The molecule has 0 bridgehead atoms. The van der Waals surface area contributed by atoms with Crippen molar-refractivity contribution in [2.75, 3.05) is 6.61 Å². The standard InChI is InChI=1S/C11H10O3/c1-2-3-14-11-5-9(7-12)4-10(6-11)8-13/h2,4-8H,1,3H2. The average Bonchev–Trinajstić information content (AvgIpc) is 2.25. The summed E-state index contributed by atoms with van der Waals surface area (Å²) < 4.78 is 5.20. The van der Waals surface area contributed by atoms with Crippen LogP contribution in [0.3, 0.4) is 0 Å². The fourth-order valence-corrected chi connectivity index (χ4v) is 1.02. The SMILES string of the molecule is C=CCOc1cc(C=O)cc(C=O)c1. The number of aldehydes is 2. The van der Waals surface area contributed by atoms with Gasteiger partial charge in [-0.1, -0.05) is 12.7 Å². The molecule has 0 aliphatic carbocycles. The Morgan fingerprint density at radius 3 is 2.14 bits per heavy atom. The Bertz CT molecular complexity index is 329. The van der Waals surface area contributed by atoms with Gasteiger partial charge in [0.1, 0.15) is 24.9 Å². The summed E-state index contributed by atoms with van der Waals surface area (Å²) in [6, 6.07) is 4.65. The van der Waals surface area contributed by atoms with Crippen molar-refractivity contribution in [3.63, 3.8) is 0 Å². The summed E-state index contributed by atoms with van der Waals surface area (Å²) in [6.45, 7) is 3.84. The molecule has 3 nitrogen and oxygen atoms in total. The number of carbonyl (C=O) groups excluding carboxylic acids is 2. The van der Waals surface area contributed by atoms with E-state index in [1.807, 2.05) is 0 Å². The highest BCUT2D eigenvalue weighted by Gasteiger charge is 2.00. The molecule has 0 fully saturated rings. The Hall–Kier alpha value is -1.90. The van der Waals surface area contributed by atoms with Crippen LogP contribution in [0.25, 0.3) is 0 Å². The zero-order chi connectivity index (χ0) is 10.4. The van der Waals surface area contributed by atoms with Crippen LogP contribution in [0, 0.1) is 0 Å². The number of carbonyl (C=O) groups is 2. The molecule has 0 spiro atoms. The van der Waals surface area contributed by atoms with Crippen LogP contribution in [0.1, 0.15) is 20.7 Å². The molecule has 1 aromatic carbocycles. The lowest BCUT2D eigenvalue weighted by Gasteiger charge is -2.04. The van der Waals surface area contributed by atoms with Gasteiger partial charge in [0, 0.05) is 11.1 Å². The molecule has 0 unspecified atom stereocenters. The van der Waals surface area contributed by atoms with Crippen molar-refractivity contribution >= 4 is 12.6 Å². The Labute approximate surface area is 82.0 Å². The van der Waals surface area contributed by atoms with Crippen LogP contribution in [0.15, 0.2) is 30.9 Å². The van der Waals surface area contributed by atoms with E-state index in [1.165, 1.54) is 6.07 Å². The van der Waals surface area contributed by atoms with Crippen molar-refractivity contribution in [1.29, 1.82) is 0 Å². The molecular formula is C11H10O3. The highest BCUT2D eigenvalue weighted by Crippen LogP contribution is 2.15. The normalized spacial score (nSPS) is 9.14. The van der Waals surface area contributed by atoms with E-state index in [-0.39, 0.29) is 0 Å². The fraction of sp³-hybridized carbons (Fsp3) is 0.0909. The monoisotopic (exact) mass is 190 g/mol. The molecule has 0 saturated heterocycles. The third-order valence-electron chi connectivity index (χ3n) is 1.59. The van der Waals surface area contributed by atoms with Crippen LogP contribution in [0.5, 0.6) is 5.75 Å². The molecule has 1 aromatic rings. The number of hydrogen-bond acceptors (Lipinski definition) is 3. The zero-order valence-electron chi connectivity index (χ0n) is 7.60. The predicted octanol–water partition coefficient (Wildman–Crippen LogP) is 1.88. The summed E-state index contributed by atoms with van der Waals surface area (Å²) in [7, 11) is 0. The second-order valence-electron chi connectivity index (χ2n) is 2.67. The summed E-state index contributed by atoms with van der Waals surface area (Å²) >= 11 is 0. The molecule has 0 N–H and O–H groups in total. The lowest BCUT2D eigenvalue weighted by atomic mass is 10.1. The third-order valence-corrected chi connectivity index (χ3v) is 1.59. The first kappa shape index (κ1) is 10.2. The van der Waals surface area contributed by atoms with Crippen molar-refractivity contribution in [2.24, 2.45) is 0 Å². The summed E-state index contributed by atoms with van der Waals surface area (Å²) in [4.78, 5) is 21.0. The number of rotatable bonds is 5. The molecule has 0 amide bonds. The van der Waals surface area contributed by atoms with E-state index in [0.717, 1.165) is 0 Å². The van der Waals surface area contributed by atoms with E-state index < -0.39 is 0 Å². The smallest absolute Gasteiger partial charge is 0.150 e. The maximum Gasteiger partial charge on any atom is 0.150 e. The Balaban J connectivity index is 2.97. The number of hydrogen-bond donors (Lipinski definition) is 0. The van der Waals surface area contributed by atoms with Crippen LogP contribution in [-0.2, 0) is 0 Å². The largest absolute Gasteiger partial charge is 0.490 e. The van der Waals surface area contributed by atoms with Gasteiger partial charge in [-0.2, -0.15) is 0 Å².